The zero-order valence-electron chi connectivity index (χ0n) is 11.1. The Hall–Kier alpha value is -1.20. The number of thioether (sulfide) groups is 1. The third-order valence-corrected chi connectivity index (χ3v) is 3.65. The van der Waals surface area contributed by atoms with Gasteiger partial charge in [-0.05, 0) is 32.9 Å². The fourth-order valence-corrected chi connectivity index (χ4v) is 2.47. The molecule has 2 rings (SSSR count). The zero-order valence-corrected chi connectivity index (χ0v) is 12.7. The largest absolute Gasteiger partial charge is 0.333 e. The average Bonchev–Trinajstić information content (AvgIpc) is 2.73. The molecule has 0 radical (unpaired) electrons. The van der Waals surface area contributed by atoms with Gasteiger partial charge in [-0.15, -0.1) is 11.8 Å². The molecular weight excluding hydrogens is 282 g/mol. The predicted molar refractivity (Wildman–Crippen MR) is 78.7 cm³/mol. The molecule has 0 saturated carbocycles. The van der Waals surface area contributed by atoms with E-state index in [0.717, 1.165) is 9.92 Å². The molecule has 1 aromatic heterocycles. The van der Waals surface area contributed by atoms with Gasteiger partial charge in [-0.3, -0.25) is 0 Å². The Kier molecular flexibility index (Phi) is 4.37. The number of anilines is 1. The molecule has 0 fully saturated rings. The van der Waals surface area contributed by atoms with Crippen LogP contribution in [0.2, 0.25) is 5.02 Å². The van der Waals surface area contributed by atoms with Gasteiger partial charge < -0.3 is 9.84 Å². The van der Waals surface area contributed by atoms with Gasteiger partial charge in [-0.1, -0.05) is 28.9 Å². The lowest BCUT2D eigenvalue weighted by atomic mass is 10.1. The first-order valence-corrected chi connectivity index (χ1v) is 7.28. The summed E-state index contributed by atoms with van der Waals surface area (Å²) < 4.78 is 5.14. The molecule has 19 heavy (non-hydrogen) atoms. The number of aromatic nitrogens is 2. The monoisotopic (exact) mass is 297 g/mol. The molecule has 2 aromatic rings. The van der Waals surface area contributed by atoms with E-state index >= 15 is 0 Å². The second kappa shape index (κ2) is 5.84. The van der Waals surface area contributed by atoms with Gasteiger partial charge in [0.25, 0.3) is 0 Å². The van der Waals surface area contributed by atoms with Gasteiger partial charge in [-0.2, -0.15) is 4.98 Å². The second-order valence-corrected chi connectivity index (χ2v) is 6.53. The Bertz CT molecular complexity index is 551. The van der Waals surface area contributed by atoms with Crippen molar-refractivity contribution in [1.82, 2.24) is 10.1 Å². The smallest absolute Gasteiger partial charge is 0.321 e. The van der Waals surface area contributed by atoms with Crippen LogP contribution < -0.4 is 5.32 Å². The van der Waals surface area contributed by atoms with Crippen molar-refractivity contribution >= 4 is 29.4 Å². The van der Waals surface area contributed by atoms with Crippen molar-refractivity contribution < 1.29 is 4.52 Å². The summed E-state index contributed by atoms with van der Waals surface area (Å²) in [5.74, 6) is 1.27. The van der Waals surface area contributed by atoms with E-state index in [1.807, 2.05) is 45.0 Å². The van der Waals surface area contributed by atoms with Gasteiger partial charge in [0, 0.05) is 10.4 Å². The maximum absolute atomic E-state index is 6.09. The Morgan fingerprint density at radius 2 is 2.05 bits per heavy atom. The first-order valence-electron chi connectivity index (χ1n) is 5.92. The van der Waals surface area contributed by atoms with Gasteiger partial charge in [0.1, 0.15) is 0 Å². The minimum Gasteiger partial charge on any atom is -0.333 e. The third-order valence-electron chi connectivity index (χ3n) is 2.14. The van der Waals surface area contributed by atoms with E-state index in [-0.39, 0.29) is 5.54 Å². The van der Waals surface area contributed by atoms with Crippen molar-refractivity contribution in [1.29, 1.82) is 0 Å². The highest BCUT2D eigenvalue weighted by molar-refractivity contribution is 7.98. The van der Waals surface area contributed by atoms with Crippen LogP contribution in [0.25, 0.3) is 0 Å². The number of benzene rings is 1. The van der Waals surface area contributed by atoms with Crippen LogP contribution >= 0.6 is 23.4 Å². The zero-order chi connectivity index (χ0) is 13.9. The number of nitrogens with one attached hydrogen (secondary N) is 1. The van der Waals surface area contributed by atoms with E-state index in [0.29, 0.717) is 17.6 Å². The van der Waals surface area contributed by atoms with Gasteiger partial charge in [-0.25, -0.2) is 0 Å². The van der Waals surface area contributed by atoms with Crippen LogP contribution in [0.4, 0.5) is 6.01 Å². The van der Waals surface area contributed by atoms with Crippen molar-refractivity contribution in [2.75, 3.05) is 5.32 Å². The summed E-state index contributed by atoms with van der Waals surface area (Å²) in [4.78, 5) is 5.30. The Morgan fingerprint density at radius 3 is 2.74 bits per heavy atom. The number of rotatable bonds is 4. The molecule has 1 N–H and O–H groups in total. The summed E-state index contributed by atoms with van der Waals surface area (Å²) in [6.07, 6.45) is 0. The van der Waals surface area contributed by atoms with Crippen LogP contribution in [-0.4, -0.2) is 15.7 Å². The molecule has 0 saturated heterocycles. The summed E-state index contributed by atoms with van der Waals surface area (Å²) in [6.45, 7) is 6.11. The van der Waals surface area contributed by atoms with Crippen molar-refractivity contribution in [3.8, 4) is 0 Å². The lowest BCUT2D eigenvalue weighted by Crippen LogP contribution is -2.26. The van der Waals surface area contributed by atoms with Crippen molar-refractivity contribution in [2.24, 2.45) is 0 Å². The topological polar surface area (TPSA) is 51.0 Å². The number of nitrogens with zero attached hydrogens (tertiary/aromatic N) is 2. The van der Waals surface area contributed by atoms with E-state index in [1.165, 1.54) is 0 Å². The molecule has 0 amide bonds. The van der Waals surface area contributed by atoms with Crippen LogP contribution in [0.1, 0.15) is 26.6 Å². The molecule has 0 bridgehead atoms. The van der Waals surface area contributed by atoms with E-state index in [1.54, 1.807) is 11.8 Å². The highest BCUT2D eigenvalue weighted by Gasteiger charge is 2.14. The van der Waals surface area contributed by atoms with Gasteiger partial charge in [0.05, 0.1) is 10.8 Å². The number of hydrogen-bond acceptors (Lipinski definition) is 5. The average molecular weight is 298 g/mol. The molecule has 0 aliphatic carbocycles. The Labute approximate surface area is 121 Å². The molecule has 4 nitrogen and oxygen atoms in total. The highest BCUT2D eigenvalue weighted by Crippen LogP contribution is 2.28. The van der Waals surface area contributed by atoms with Crippen LogP contribution in [-0.2, 0) is 5.75 Å². The van der Waals surface area contributed by atoms with Crippen LogP contribution in [0, 0.1) is 0 Å². The fraction of sp³-hybridized carbons (Fsp3) is 0.385. The normalized spacial score (nSPS) is 11.6. The summed E-state index contributed by atoms with van der Waals surface area (Å²) >= 11 is 7.67. The third kappa shape index (κ3) is 4.44. The lowest BCUT2D eigenvalue weighted by molar-refractivity contribution is 0.414. The van der Waals surface area contributed by atoms with Crippen LogP contribution in [0.15, 0.2) is 33.7 Å². The molecule has 0 atom stereocenters. The number of hydrogen-bond donors (Lipinski definition) is 1. The van der Waals surface area contributed by atoms with E-state index in [2.05, 4.69) is 15.5 Å². The maximum Gasteiger partial charge on any atom is 0.321 e. The van der Waals surface area contributed by atoms with E-state index in [4.69, 9.17) is 16.1 Å². The molecule has 0 unspecified atom stereocenters. The fourth-order valence-electron chi connectivity index (χ4n) is 1.39. The number of halogens is 1. The summed E-state index contributed by atoms with van der Waals surface area (Å²) in [7, 11) is 0. The van der Waals surface area contributed by atoms with Crippen LogP contribution in [0.5, 0.6) is 0 Å². The molecule has 1 heterocycles. The predicted octanol–water partition coefficient (Wildman–Crippen LogP) is 4.23. The van der Waals surface area contributed by atoms with Crippen molar-refractivity contribution in [2.45, 2.75) is 37.0 Å². The van der Waals surface area contributed by atoms with Gasteiger partial charge in [0.2, 0.25) is 0 Å². The quantitative estimate of drug-likeness (QED) is 0.856. The molecule has 0 spiro atoms. The van der Waals surface area contributed by atoms with Gasteiger partial charge >= 0.3 is 6.01 Å². The van der Waals surface area contributed by atoms with E-state index < -0.39 is 0 Å². The lowest BCUT2D eigenvalue weighted by Gasteiger charge is -2.17. The molecule has 102 valence electrons. The van der Waals surface area contributed by atoms with Gasteiger partial charge in [0.15, 0.2) is 5.82 Å². The Morgan fingerprint density at radius 1 is 1.32 bits per heavy atom. The Balaban J connectivity index is 1.96. The SMILES string of the molecule is CC(C)(C)Nc1nc(CSc2ccccc2Cl)no1. The first-order chi connectivity index (χ1) is 8.94. The summed E-state index contributed by atoms with van der Waals surface area (Å²) in [5, 5.41) is 7.81. The first kappa shape index (κ1) is 14.2. The molecule has 0 aliphatic rings. The molecule has 1 aromatic carbocycles. The van der Waals surface area contributed by atoms with Crippen molar-refractivity contribution in [3.63, 3.8) is 0 Å². The minimum atomic E-state index is -0.0975. The molecular formula is C13H16ClN3OS. The highest BCUT2D eigenvalue weighted by atomic mass is 35.5. The molecule has 0 aliphatic heterocycles. The summed E-state index contributed by atoms with van der Waals surface area (Å²) in [5.41, 5.74) is -0.0975. The standard InChI is InChI=1S/C13H16ClN3OS/c1-13(2,3)16-12-15-11(17-18-12)8-19-10-7-5-4-6-9(10)14/h4-7H,8H2,1-3H3,(H,15,16,17). The van der Waals surface area contributed by atoms with E-state index in [9.17, 15) is 0 Å². The van der Waals surface area contributed by atoms with Crippen LogP contribution in [0.3, 0.4) is 0 Å². The summed E-state index contributed by atoms with van der Waals surface area (Å²) in [6, 6.07) is 8.15. The maximum atomic E-state index is 6.09. The minimum absolute atomic E-state index is 0.0975. The van der Waals surface area contributed by atoms with Crippen molar-refractivity contribution in [3.05, 3.63) is 35.1 Å². The second-order valence-electron chi connectivity index (χ2n) is 5.11. The molecule has 6 heteroatoms.